The van der Waals surface area contributed by atoms with Gasteiger partial charge in [0.1, 0.15) is 18.3 Å². The minimum absolute atomic E-state index is 0.0711. The zero-order valence-corrected chi connectivity index (χ0v) is 14.0. The molecule has 0 radical (unpaired) electrons. The molecule has 1 amide bonds. The molecular weight excluding hydrogens is 328 g/mol. The SMILES string of the molecule is Cc1ccc(-c2csc(NC(=O)C3COc4ccccc43)n2)s1. The second-order valence-corrected chi connectivity index (χ2v) is 7.48. The lowest BCUT2D eigenvalue weighted by atomic mass is 10.0. The Labute approximate surface area is 141 Å². The Bertz CT molecular complexity index is 869. The lowest BCUT2D eigenvalue weighted by Crippen LogP contribution is -2.22. The zero-order chi connectivity index (χ0) is 15.8. The first-order valence-electron chi connectivity index (χ1n) is 7.25. The number of ether oxygens (including phenoxy) is 1. The van der Waals surface area contributed by atoms with Gasteiger partial charge in [-0.1, -0.05) is 18.2 Å². The number of thiazole rings is 1. The standard InChI is InChI=1S/C17H14N2O2S2/c1-10-6-7-15(23-10)13-9-22-17(18-13)19-16(20)12-8-21-14-5-3-2-4-11(12)14/h2-7,9,12H,8H2,1H3,(H,18,19,20). The quantitative estimate of drug-likeness (QED) is 0.772. The van der Waals surface area contributed by atoms with Crippen LogP contribution in [0.2, 0.25) is 0 Å². The van der Waals surface area contributed by atoms with E-state index in [1.165, 1.54) is 16.2 Å². The van der Waals surface area contributed by atoms with Crippen molar-refractivity contribution in [2.24, 2.45) is 0 Å². The third kappa shape index (κ3) is 2.75. The first kappa shape index (κ1) is 14.4. The van der Waals surface area contributed by atoms with Crippen LogP contribution >= 0.6 is 22.7 Å². The number of carbonyl (C=O) groups excluding carboxylic acids is 1. The fourth-order valence-electron chi connectivity index (χ4n) is 2.59. The fraction of sp³-hybridized carbons (Fsp3) is 0.176. The molecule has 116 valence electrons. The number of nitrogens with zero attached hydrogens (tertiary/aromatic N) is 1. The Morgan fingerprint density at radius 1 is 1.30 bits per heavy atom. The van der Waals surface area contributed by atoms with Crippen molar-refractivity contribution < 1.29 is 9.53 Å². The molecular formula is C17H14N2O2S2. The van der Waals surface area contributed by atoms with E-state index < -0.39 is 0 Å². The van der Waals surface area contributed by atoms with E-state index in [0.29, 0.717) is 11.7 Å². The molecule has 0 bridgehead atoms. The van der Waals surface area contributed by atoms with Crippen molar-refractivity contribution >= 4 is 33.7 Å². The second kappa shape index (κ2) is 5.79. The maximum atomic E-state index is 12.5. The number of hydrogen-bond donors (Lipinski definition) is 1. The highest BCUT2D eigenvalue weighted by Crippen LogP contribution is 2.35. The molecule has 1 aliphatic heterocycles. The van der Waals surface area contributed by atoms with Crippen LogP contribution in [0.5, 0.6) is 5.75 Å². The topological polar surface area (TPSA) is 51.2 Å². The van der Waals surface area contributed by atoms with Crippen LogP contribution in [0.3, 0.4) is 0 Å². The van der Waals surface area contributed by atoms with Crippen LogP contribution in [0.25, 0.3) is 10.6 Å². The number of nitrogens with one attached hydrogen (secondary N) is 1. The van der Waals surface area contributed by atoms with Crippen LogP contribution in [-0.2, 0) is 4.79 Å². The van der Waals surface area contributed by atoms with Crippen LogP contribution in [0.15, 0.2) is 41.8 Å². The summed E-state index contributed by atoms with van der Waals surface area (Å²) in [7, 11) is 0. The molecule has 4 nitrogen and oxygen atoms in total. The molecule has 3 aromatic rings. The smallest absolute Gasteiger partial charge is 0.237 e. The van der Waals surface area contributed by atoms with Crippen LogP contribution in [0.1, 0.15) is 16.4 Å². The molecule has 1 unspecified atom stereocenters. The number of carbonyl (C=O) groups is 1. The van der Waals surface area contributed by atoms with E-state index in [4.69, 9.17) is 4.74 Å². The molecule has 2 aromatic heterocycles. The van der Waals surface area contributed by atoms with Crippen molar-refractivity contribution in [2.75, 3.05) is 11.9 Å². The Morgan fingerprint density at radius 2 is 2.17 bits per heavy atom. The Morgan fingerprint density at radius 3 is 3.00 bits per heavy atom. The van der Waals surface area contributed by atoms with Gasteiger partial charge in [0.25, 0.3) is 0 Å². The highest BCUT2D eigenvalue weighted by Gasteiger charge is 2.30. The average molecular weight is 342 g/mol. The number of rotatable bonds is 3. The normalized spacial score (nSPS) is 16.0. The predicted molar refractivity (Wildman–Crippen MR) is 93.5 cm³/mol. The third-order valence-corrected chi connectivity index (χ3v) is 5.52. The van der Waals surface area contributed by atoms with Gasteiger partial charge >= 0.3 is 0 Å². The number of hydrogen-bond acceptors (Lipinski definition) is 5. The molecule has 1 atom stereocenters. The Balaban J connectivity index is 1.51. The predicted octanol–water partition coefficient (Wildman–Crippen LogP) is 4.29. The molecule has 0 spiro atoms. The van der Waals surface area contributed by atoms with E-state index in [1.54, 1.807) is 11.3 Å². The van der Waals surface area contributed by atoms with Crippen molar-refractivity contribution in [1.82, 2.24) is 4.98 Å². The summed E-state index contributed by atoms with van der Waals surface area (Å²) in [6.45, 7) is 2.45. The average Bonchev–Trinajstić information content (AvgIpc) is 3.25. The van der Waals surface area contributed by atoms with Crippen molar-refractivity contribution in [3.05, 3.63) is 52.2 Å². The maximum Gasteiger partial charge on any atom is 0.237 e. The Hall–Kier alpha value is -2.18. The lowest BCUT2D eigenvalue weighted by Gasteiger charge is -2.07. The van der Waals surface area contributed by atoms with Crippen molar-refractivity contribution in [3.63, 3.8) is 0 Å². The van der Waals surface area contributed by atoms with Gasteiger partial charge in [0, 0.05) is 15.8 Å². The van der Waals surface area contributed by atoms with Crippen LogP contribution < -0.4 is 10.1 Å². The van der Waals surface area contributed by atoms with Crippen LogP contribution in [0.4, 0.5) is 5.13 Å². The van der Waals surface area contributed by atoms with Crippen LogP contribution in [-0.4, -0.2) is 17.5 Å². The maximum absolute atomic E-state index is 12.5. The number of benzene rings is 1. The number of aromatic nitrogens is 1. The molecule has 6 heteroatoms. The van der Waals surface area contributed by atoms with Crippen molar-refractivity contribution in [1.29, 1.82) is 0 Å². The number of para-hydroxylation sites is 1. The van der Waals surface area contributed by atoms with Crippen molar-refractivity contribution in [2.45, 2.75) is 12.8 Å². The second-order valence-electron chi connectivity index (χ2n) is 5.34. The van der Waals surface area contributed by atoms with Gasteiger partial charge in [0.15, 0.2) is 5.13 Å². The molecule has 0 fully saturated rings. The zero-order valence-electron chi connectivity index (χ0n) is 12.4. The summed E-state index contributed by atoms with van der Waals surface area (Å²) in [5.41, 5.74) is 1.85. The lowest BCUT2D eigenvalue weighted by molar-refractivity contribution is -0.117. The summed E-state index contributed by atoms with van der Waals surface area (Å²) >= 11 is 3.15. The highest BCUT2D eigenvalue weighted by atomic mass is 32.1. The van der Waals surface area contributed by atoms with Gasteiger partial charge < -0.3 is 10.1 Å². The van der Waals surface area contributed by atoms with Gasteiger partial charge in [-0.15, -0.1) is 22.7 Å². The number of amides is 1. The third-order valence-electron chi connectivity index (χ3n) is 3.74. The van der Waals surface area contributed by atoms with Crippen molar-refractivity contribution in [3.8, 4) is 16.3 Å². The van der Waals surface area contributed by atoms with E-state index in [0.717, 1.165) is 21.9 Å². The highest BCUT2D eigenvalue weighted by molar-refractivity contribution is 7.17. The molecule has 1 N–H and O–H groups in total. The summed E-state index contributed by atoms with van der Waals surface area (Å²) in [5.74, 6) is 0.447. The summed E-state index contributed by atoms with van der Waals surface area (Å²) in [4.78, 5) is 19.4. The minimum atomic E-state index is -0.275. The molecule has 3 heterocycles. The van der Waals surface area contributed by atoms with E-state index >= 15 is 0 Å². The van der Waals surface area contributed by atoms with E-state index in [-0.39, 0.29) is 11.8 Å². The molecule has 4 rings (SSSR count). The largest absolute Gasteiger partial charge is 0.492 e. The van der Waals surface area contributed by atoms with Gasteiger partial charge in [-0.25, -0.2) is 4.98 Å². The number of aryl methyl sites for hydroxylation is 1. The van der Waals surface area contributed by atoms with Gasteiger partial charge in [-0.2, -0.15) is 0 Å². The number of thiophene rings is 1. The van der Waals surface area contributed by atoms with E-state index in [1.807, 2.05) is 29.6 Å². The number of fused-ring (bicyclic) bond motifs is 1. The first-order chi connectivity index (χ1) is 11.2. The Kier molecular flexibility index (Phi) is 3.63. The van der Waals surface area contributed by atoms with Gasteiger partial charge in [-0.05, 0) is 25.1 Å². The molecule has 23 heavy (non-hydrogen) atoms. The molecule has 0 aliphatic carbocycles. The van der Waals surface area contributed by atoms with E-state index in [2.05, 4.69) is 29.4 Å². The fourth-order valence-corrected chi connectivity index (χ4v) is 4.20. The van der Waals surface area contributed by atoms with Crippen LogP contribution in [0, 0.1) is 6.92 Å². The van der Waals surface area contributed by atoms with Gasteiger partial charge in [0.05, 0.1) is 10.6 Å². The van der Waals surface area contributed by atoms with Gasteiger partial charge in [-0.3, -0.25) is 4.79 Å². The van der Waals surface area contributed by atoms with E-state index in [9.17, 15) is 4.79 Å². The molecule has 0 saturated carbocycles. The summed E-state index contributed by atoms with van der Waals surface area (Å²) < 4.78 is 5.57. The van der Waals surface area contributed by atoms with Gasteiger partial charge in [0.2, 0.25) is 5.91 Å². The monoisotopic (exact) mass is 342 g/mol. The molecule has 1 aliphatic rings. The first-order valence-corrected chi connectivity index (χ1v) is 8.95. The summed E-state index contributed by atoms with van der Waals surface area (Å²) in [6.07, 6.45) is 0. The number of anilines is 1. The summed E-state index contributed by atoms with van der Waals surface area (Å²) in [5, 5.41) is 5.51. The minimum Gasteiger partial charge on any atom is -0.492 e. The molecule has 0 saturated heterocycles. The molecule has 1 aromatic carbocycles. The summed E-state index contributed by atoms with van der Waals surface area (Å²) in [6, 6.07) is 11.8.